The minimum absolute atomic E-state index is 0.685. The minimum atomic E-state index is 0.685. The van der Waals surface area contributed by atoms with Gasteiger partial charge in [0.2, 0.25) is 0 Å². The van der Waals surface area contributed by atoms with Crippen LogP contribution in [0.1, 0.15) is 29.4 Å². The summed E-state index contributed by atoms with van der Waals surface area (Å²) in [5.41, 5.74) is 1.22. The van der Waals surface area contributed by atoms with Gasteiger partial charge in [0.1, 0.15) is 0 Å². The van der Waals surface area contributed by atoms with E-state index in [4.69, 9.17) is 0 Å². The molecule has 0 N–H and O–H groups in total. The maximum Gasteiger partial charge on any atom is 0.0900 e. The Morgan fingerprint density at radius 3 is 2.29 bits per heavy atom. The highest BCUT2D eigenvalue weighted by Crippen LogP contribution is 2.20. The van der Waals surface area contributed by atoms with Crippen molar-refractivity contribution in [1.82, 2.24) is 14.8 Å². The first kappa shape index (κ1) is 13.0. The van der Waals surface area contributed by atoms with E-state index >= 15 is 0 Å². The number of thiazole rings is 1. The average Bonchev–Trinajstić information content (AvgIpc) is 2.58. The van der Waals surface area contributed by atoms with Crippen molar-refractivity contribution in [1.29, 1.82) is 0 Å². The molecule has 0 unspecified atom stereocenters. The lowest BCUT2D eigenvalue weighted by atomic mass is 10.2. The molecule has 0 atom stereocenters. The van der Waals surface area contributed by atoms with E-state index in [-0.39, 0.29) is 0 Å². The van der Waals surface area contributed by atoms with Gasteiger partial charge in [-0.05, 0) is 27.7 Å². The highest BCUT2D eigenvalue weighted by Gasteiger charge is 2.19. The summed E-state index contributed by atoms with van der Waals surface area (Å²) in [5.74, 6) is 0. The highest BCUT2D eigenvalue weighted by atomic mass is 32.1. The number of hydrogen-bond acceptors (Lipinski definition) is 4. The molecule has 0 aliphatic carbocycles. The molecule has 96 valence electrons. The van der Waals surface area contributed by atoms with Crippen molar-refractivity contribution in [3.63, 3.8) is 0 Å². The van der Waals surface area contributed by atoms with Gasteiger partial charge in [0.25, 0.3) is 0 Å². The molecule has 0 aromatic carbocycles. The Balaban J connectivity index is 1.88. The molecule has 0 spiro atoms. The normalized spacial score (nSPS) is 19.1. The lowest BCUT2D eigenvalue weighted by Gasteiger charge is -2.36. The van der Waals surface area contributed by atoms with Crippen molar-refractivity contribution in [2.45, 2.75) is 40.3 Å². The summed E-state index contributed by atoms with van der Waals surface area (Å²) < 4.78 is 0. The molecule has 3 nitrogen and oxygen atoms in total. The third-order valence-electron chi connectivity index (χ3n) is 3.50. The summed E-state index contributed by atoms with van der Waals surface area (Å²) in [6, 6.07) is 0.685. The molecule has 0 saturated carbocycles. The Hall–Kier alpha value is -0.450. The molecule has 1 aliphatic rings. The van der Waals surface area contributed by atoms with Crippen LogP contribution in [0.25, 0.3) is 0 Å². The Labute approximate surface area is 108 Å². The molecule has 1 aliphatic heterocycles. The van der Waals surface area contributed by atoms with Crippen LogP contribution in [0.15, 0.2) is 0 Å². The zero-order chi connectivity index (χ0) is 12.4. The summed E-state index contributed by atoms with van der Waals surface area (Å²) >= 11 is 1.85. The Morgan fingerprint density at radius 2 is 1.82 bits per heavy atom. The molecule has 0 amide bonds. The summed E-state index contributed by atoms with van der Waals surface area (Å²) in [4.78, 5) is 11.1. The van der Waals surface area contributed by atoms with Gasteiger partial charge in [0.15, 0.2) is 0 Å². The standard InChI is InChI=1S/C13H23N3S/c1-10(2)16-7-5-15(6-8-16)9-13-11(3)14-12(4)17-13/h10H,5-9H2,1-4H3. The molecule has 1 fully saturated rings. The SMILES string of the molecule is Cc1nc(C)c(CN2CCN(C(C)C)CC2)s1. The number of hydrogen-bond donors (Lipinski definition) is 0. The van der Waals surface area contributed by atoms with Gasteiger partial charge in [-0.25, -0.2) is 4.98 Å². The van der Waals surface area contributed by atoms with E-state index in [2.05, 4.69) is 42.5 Å². The third kappa shape index (κ3) is 3.27. The number of aromatic nitrogens is 1. The van der Waals surface area contributed by atoms with Crippen molar-refractivity contribution in [2.75, 3.05) is 26.2 Å². The maximum absolute atomic E-state index is 4.50. The first-order chi connectivity index (χ1) is 8.06. The molecule has 17 heavy (non-hydrogen) atoms. The second-order valence-electron chi connectivity index (χ2n) is 5.15. The summed E-state index contributed by atoms with van der Waals surface area (Å²) in [5, 5.41) is 1.19. The number of nitrogens with zero attached hydrogens (tertiary/aromatic N) is 3. The fraction of sp³-hybridized carbons (Fsp3) is 0.769. The first-order valence-electron chi connectivity index (χ1n) is 6.45. The van der Waals surface area contributed by atoms with Crippen molar-refractivity contribution >= 4 is 11.3 Å². The van der Waals surface area contributed by atoms with Crippen molar-refractivity contribution in [3.8, 4) is 0 Å². The molecular weight excluding hydrogens is 230 g/mol. The molecule has 1 aromatic heterocycles. The topological polar surface area (TPSA) is 19.4 Å². The minimum Gasteiger partial charge on any atom is -0.298 e. The largest absolute Gasteiger partial charge is 0.298 e. The fourth-order valence-corrected chi connectivity index (χ4v) is 3.34. The average molecular weight is 253 g/mol. The predicted molar refractivity (Wildman–Crippen MR) is 73.6 cm³/mol. The fourth-order valence-electron chi connectivity index (χ4n) is 2.36. The van der Waals surface area contributed by atoms with Crippen LogP contribution in [0.2, 0.25) is 0 Å². The second kappa shape index (κ2) is 5.46. The number of aryl methyl sites for hydroxylation is 2. The molecule has 4 heteroatoms. The maximum atomic E-state index is 4.50. The number of rotatable bonds is 3. The van der Waals surface area contributed by atoms with Crippen LogP contribution in [-0.4, -0.2) is 47.0 Å². The van der Waals surface area contributed by atoms with Gasteiger partial charge < -0.3 is 0 Å². The van der Waals surface area contributed by atoms with E-state index in [1.807, 2.05) is 11.3 Å². The van der Waals surface area contributed by atoms with E-state index in [0.717, 1.165) is 6.54 Å². The summed E-state index contributed by atoms with van der Waals surface area (Å²) in [6.07, 6.45) is 0. The van der Waals surface area contributed by atoms with Crippen LogP contribution in [0.5, 0.6) is 0 Å². The molecule has 0 bridgehead atoms. The Bertz CT molecular complexity index is 365. The van der Waals surface area contributed by atoms with Crippen molar-refractivity contribution in [3.05, 3.63) is 15.6 Å². The van der Waals surface area contributed by atoms with E-state index in [0.29, 0.717) is 6.04 Å². The van der Waals surface area contributed by atoms with Crippen LogP contribution >= 0.6 is 11.3 Å². The van der Waals surface area contributed by atoms with E-state index < -0.39 is 0 Å². The van der Waals surface area contributed by atoms with Crippen molar-refractivity contribution in [2.24, 2.45) is 0 Å². The predicted octanol–water partition coefficient (Wildman–Crippen LogP) is 2.29. The second-order valence-corrected chi connectivity index (χ2v) is 6.44. The Kier molecular flexibility index (Phi) is 4.17. The number of piperazine rings is 1. The first-order valence-corrected chi connectivity index (χ1v) is 7.27. The zero-order valence-electron chi connectivity index (χ0n) is 11.4. The molecule has 1 aromatic rings. The summed E-state index contributed by atoms with van der Waals surface area (Å²) in [6.45, 7) is 14.7. The van der Waals surface area contributed by atoms with Gasteiger partial charge >= 0.3 is 0 Å². The van der Waals surface area contributed by atoms with Crippen LogP contribution in [0.4, 0.5) is 0 Å². The molecule has 2 rings (SSSR count). The zero-order valence-corrected chi connectivity index (χ0v) is 12.2. The molecule has 0 radical (unpaired) electrons. The van der Waals surface area contributed by atoms with Gasteiger partial charge in [0, 0.05) is 43.6 Å². The lowest BCUT2D eigenvalue weighted by Crippen LogP contribution is -2.48. The highest BCUT2D eigenvalue weighted by molar-refractivity contribution is 7.11. The van der Waals surface area contributed by atoms with Crippen LogP contribution in [0, 0.1) is 13.8 Å². The molecular formula is C13H23N3S. The van der Waals surface area contributed by atoms with E-state index in [9.17, 15) is 0 Å². The van der Waals surface area contributed by atoms with Gasteiger partial charge in [0.05, 0.1) is 10.7 Å². The van der Waals surface area contributed by atoms with Gasteiger partial charge in [-0.1, -0.05) is 0 Å². The van der Waals surface area contributed by atoms with Gasteiger partial charge in [-0.15, -0.1) is 11.3 Å². The van der Waals surface area contributed by atoms with E-state index in [1.165, 1.54) is 41.8 Å². The van der Waals surface area contributed by atoms with Crippen LogP contribution in [0.3, 0.4) is 0 Å². The molecule has 1 saturated heterocycles. The van der Waals surface area contributed by atoms with Gasteiger partial charge in [-0.2, -0.15) is 0 Å². The quantitative estimate of drug-likeness (QED) is 0.824. The van der Waals surface area contributed by atoms with Crippen LogP contribution in [-0.2, 0) is 6.54 Å². The smallest absolute Gasteiger partial charge is 0.0900 e. The molecule has 2 heterocycles. The van der Waals surface area contributed by atoms with Gasteiger partial charge in [-0.3, -0.25) is 9.80 Å². The monoisotopic (exact) mass is 253 g/mol. The van der Waals surface area contributed by atoms with Crippen LogP contribution < -0.4 is 0 Å². The summed E-state index contributed by atoms with van der Waals surface area (Å²) in [7, 11) is 0. The Morgan fingerprint density at radius 1 is 1.18 bits per heavy atom. The third-order valence-corrected chi connectivity index (χ3v) is 4.56. The van der Waals surface area contributed by atoms with Crippen molar-refractivity contribution < 1.29 is 0 Å². The van der Waals surface area contributed by atoms with E-state index in [1.54, 1.807) is 0 Å². The lowest BCUT2D eigenvalue weighted by molar-refractivity contribution is 0.104.